The van der Waals surface area contributed by atoms with Gasteiger partial charge in [-0.15, -0.1) is 0 Å². The molecular formula is C7H8ClN7S. The zero-order valence-electron chi connectivity index (χ0n) is 8.31. The number of aromatic amines is 1. The van der Waals surface area contributed by atoms with Gasteiger partial charge in [-0.25, -0.2) is 4.98 Å². The molecule has 2 aromatic rings. The fourth-order valence-electron chi connectivity index (χ4n) is 0.945. The van der Waals surface area contributed by atoms with Crippen LogP contribution in [0.5, 0.6) is 0 Å². The predicted molar refractivity (Wildman–Crippen MR) is 59.5 cm³/mol. The van der Waals surface area contributed by atoms with Crippen LogP contribution in [0, 0.1) is 0 Å². The third-order valence-corrected chi connectivity index (χ3v) is 2.43. The quantitative estimate of drug-likeness (QED) is 0.851. The molecule has 0 spiro atoms. The van der Waals surface area contributed by atoms with Gasteiger partial charge in [-0.2, -0.15) is 20.1 Å². The Morgan fingerprint density at radius 2 is 2.31 bits per heavy atom. The Kier molecular flexibility index (Phi) is 3.52. The second-order valence-corrected chi connectivity index (χ2v) is 3.93. The van der Waals surface area contributed by atoms with Crippen molar-refractivity contribution in [1.29, 1.82) is 0 Å². The van der Waals surface area contributed by atoms with Crippen molar-refractivity contribution in [3.63, 3.8) is 0 Å². The molecule has 0 amide bonds. The monoisotopic (exact) mass is 257 g/mol. The van der Waals surface area contributed by atoms with Crippen LogP contribution in [0.1, 0.15) is 6.92 Å². The molecule has 2 aromatic heterocycles. The van der Waals surface area contributed by atoms with Crippen LogP contribution >= 0.6 is 23.4 Å². The third-order valence-electron chi connectivity index (χ3n) is 1.50. The number of H-pyrrole nitrogens is 1. The summed E-state index contributed by atoms with van der Waals surface area (Å²) >= 11 is 7.00. The lowest BCUT2D eigenvalue weighted by molar-refractivity contribution is 0.887. The van der Waals surface area contributed by atoms with E-state index in [1.54, 1.807) is 0 Å². The number of halogens is 1. The molecule has 84 valence electrons. The van der Waals surface area contributed by atoms with Crippen molar-refractivity contribution in [2.45, 2.75) is 17.2 Å². The lowest BCUT2D eigenvalue weighted by Gasteiger charge is -2.02. The molecule has 2 N–H and O–H groups in total. The summed E-state index contributed by atoms with van der Waals surface area (Å²) in [6.45, 7) is 2.66. The van der Waals surface area contributed by atoms with Crippen LogP contribution in [0.3, 0.4) is 0 Å². The number of nitrogens with one attached hydrogen (secondary N) is 2. The lowest BCUT2D eigenvalue weighted by atomic mass is 10.7. The van der Waals surface area contributed by atoms with E-state index in [0.29, 0.717) is 22.8 Å². The van der Waals surface area contributed by atoms with Gasteiger partial charge in [0.2, 0.25) is 16.4 Å². The highest BCUT2D eigenvalue weighted by Crippen LogP contribution is 2.21. The van der Waals surface area contributed by atoms with E-state index in [9.17, 15) is 0 Å². The Hall–Kier alpha value is -1.41. The van der Waals surface area contributed by atoms with Crippen molar-refractivity contribution in [2.75, 3.05) is 11.9 Å². The molecule has 0 unspecified atom stereocenters. The Labute approximate surface area is 100 Å². The fourth-order valence-corrected chi connectivity index (χ4v) is 1.79. The van der Waals surface area contributed by atoms with E-state index in [1.807, 2.05) is 6.92 Å². The van der Waals surface area contributed by atoms with Gasteiger partial charge in [0.15, 0.2) is 5.16 Å². The van der Waals surface area contributed by atoms with Crippen molar-refractivity contribution >= 4 is 29.3 Å². The molecule has 16 heavy (non-hydrogen) atoms. The largest absolute Gasteiger partial charge is 0.354 e. The molecule has 0 radical (unpaired) electrons. The minimum atomic E-state index is 0.146. The van der Waals surface area contributed by atoms with Crippen molar-refractivity contribution in [1.82, 2.24) is 30.1 Å². The van der Waals surface area contributed by atoms with Gasteiger partial charge in [0, 0.05) is 6.54 Å². The van der Waals surface area contributed by atoms with Gasteiger partial charge in [-0.05, 0) is 30.3 Å². The maximum Gasteiger partial charge on any atom is 0.228 e. The van der Waals surface area contributed by atoms with E-state index in [2.05, 4.69) is 35.5 Å². The molecule has 0 fully saturated rings. The van der Waals surface area contributed by atoms with Gasteiger partial charge in [0.05, 0.1) is 0 Å². The van der Waals surface area contributed by atoms with E-state index >= 15 is 0 Å². The normalized spacial score (nSPS) is 10.4. The molecular weight excluding hydrogens is 250 g/mol. The summed E-state index contributed by atoms with van der Waals surface area (Å²) in [4.78, 5) is 16.0. The minimum absolute atomic E-state index is 0.146. The second kappa shape index (κ2) is 5.08. The Balaban J connectivity index is 2.20. The van der Waals surface area contributed by atoms with Crippen LogP contribution in [0.25, 0.3) is 0 Å². The lowest BCUT2D eigenvalue weighted by Crippen LogP contribution is -2.04. The summed E-state index contributed by atoms with van der Waals surface area (Å²) < 4.78 is 0. The van der Waals surface area contributed by atoms with Crippen LogP contribution < -0.4 is 5.32 Å². The molecule has 0 atom stereocenters. The zero-order valence-corrected chi connectivity index (χ0v) is 9.88. The molecule has 2 rings (SSSR count). The van der Waals surface area contributed by atoms with Crippen molar-refractivity contribution in [3.05, 3.63) is 11.6 Å². The Morgan fingerprint density at radius 1 is 1.44 bits per heavy atom. The second-order valence-electron chi connectivity index (χ2n) is 2.63. The first-order chi connectivity index (χ1) is 7.78. The molecule has 2 heterocycles. The number of anilines is 1. The molecule has 0 aliphatic carbocycles. The molecule has 0 saturated heterocycles. The highest BCUT2D eigenvalue weighted by atomic mass is 35.5. The van der Waals surface area contributed by atoms with Crippen LogP contribution in [0.2, 0.25) is 5.28 Å². The predicted octanol–water partition coefficient (Wildman–Crippen LogP) is 1.23. The van der Waals surface area contributed by atoms with Gasteiger partial charge in [-0.3, -0.25) is 5.10 Å². The molecule has 7 nitrogen and oxygen atoms in total. The van der Waals surface area contributed by atoms with E-state index < -0.39 is 0 Å². The Morgan fingerprint density at radius 3 is 3.00 bits per heavy atom. The zero-order chi connectivity index (χ0) is 11.4. The van der Waals surface area contributed by atoms with Crippen LogP contribution in [0.15, 0.2) is 16.6 Å². The van der Waals surface area contributed by atoms with Crippen LogP contribution in [-0.4, -0.2) is 36.7 Å². The third kappa shape index (κ3) is 2.80. The maximum absolute atomic E-state index is 5.76. The number of nitrogens with zero attached hydrogens (tertiary/aromatic N) is 5. The van der Waals surface area contributed by atoms with Crippen molar-refractivity contribution in [2.24, 2.45) is 0 Å². The number of hydrogen-bond acceptors (Lipinski definition) is 7. The molecule has 0 aliphatic heterocycles. The minimum Gasteiger partial charge on any atom is -0.354 e. The van der Waals surface area contributed by atoms with E-state index in [1.165, 1.54) is 18.1 Å². The summed E-state index contributed by atoms with van der Waals surface area (Å²) in [6, 6.07) is 0. The number of rotatable bonds is 4. The van der Waals surface area contributed by atoms with Gasteiger partial charge in [0.1, 0.15) is 6.33 Å². The average molecular weight is 258 g/mol. The molecule has 0 saturated carbocycles. The van der Waals surface area contributed by atoms with Crippen LogP contribution in [-0.2, 0) is 0 Å². The first kappa shape index (κ1) is 11.1. The summed E-state index contributed by atoms with van der Waals surface area (Å²) in [5.74, 6) is 0.449. The van der Waals surface area contributed by atoms with E-state index in [0.717, 1.165) is 0 Å². The standard InChI is InChI=1S/C7H8ClN7S/c1-2-9-5-12-4(8)13-7(14-5)16-6-10-3-11-15-6/h3H,2H2,1H3,(H,10,11,15)(H,9,12,13,14). The molecule has 0 aromatic carbocycles. The Bertz CT molecular complexity index is 460. The summed E-state index contributed by atoms with van der Waals surface area (Å²) in [5.41, 5.74) is 0. The van der Waals surface area contributed by atoms with E-state index in [-0.39, 0.29) is 5.28 Å². The highest BCUT2D eigenvalue weighted by Gasteiger charge is 2.07. The topological polar surface area (TPSA) is 92.3 Å². The number of aromatic nitrogens is 6. The van der Waals surface area contributed by atoms with Crippen molar-refractivity contribution < 1.29 is 0 Å². The van der Waals surface area contributed by atoms with Crippen molar-refractivity contribution in [3.8, 4) is 0 Å². The van der Waals surface area contributed by atoms with Gasteiger partial charge in [-0.1, -0.05) is 0 Å². The summed E-state index contributed by atoms with van der Waals surface area (Å²) in [5, 5.41) is 10.6. The first-order valence-electron chi connectivity index (χ1n) is 4.46. The SMILES string of the molecule is CCNc1nc(Cl)nc(Sc2ncn[nH]2)n1. The molecule has 0 bridgehead atoms. The molecule has 9 heteroatoms. The molecule has 0 aliphatic rings. The van der Waals surface area contributed by atoms with Gasteiger partial charge in [0.25, 0.3) is 0 Å². The van der Waals surface area contributed by atoms with Gasteiger partial charge < -0.3 is 5.32 Å². The first-order valence-corrected chi connectivity index (χ1v) is 5.66. The number of hydrogen-bond donors (Lipinski definition) is 2. The summed E-state index contributed by atoms with van der Waals surface area (Å²) in [6.07, 6.45) is 1.41. The fraction of sp³-hybridized carbons (Fsp3) is 0.286. The van der Waals surface area contributed by atoms with E-state index in [4.69, 9.17) is 11.6 Å². The van der Waals surface area contributed by atoms with Gasteiger partial charge >= 0.3 is 0 Å². The smallest absolute Gasteiger partial charge is 0.228 e. The maximum atomic E-state index is 5.76. The average Bonchev–Trinajstić information content (AvgIpc) is 2.70. The van der Waals surface area contributed by atoms with Crippen LogP contribution in [0.4, 0.5) is 5.95 Å². The summed E-state index contributed by atoms with van der Waals surface area (Å²) in [7, 11) is 0. The highest BCUT2D eigenvalue weighted by molar-refractivity contribution is 7.99.